The second-order valence-corrected chi connectivity index (χ2v) is 3.16. The fourth-order valence-electron chi connectivity index (χ4n) is 1.37. The van der Waals surface area contributed by atoms with Gasteiger partial charge in [-0.25, -0.2) is 4.79 Å². The standard InChI is InChI=1S/C10H5F3O4/c11-10(12,13)17-5-1-2-8-6(3-5)7(4-16-8)9(14)15/h1-4H,(H,14,15). The molecule has 0 amide bonds. The maximum atomic E-state index is 12.0. The third-order valence-electron chi connectivity index (χ3n) is 2.01. The number of halogens is 3. The van der Waals surface area contributed by atoms with E-state index in [0.29, 0.717) is 0 Å². The highest BCUT2D eigenvalue weighted by Gasteiger charge is 2.31. The molecule has 0 saturated carbocycles. The van der Waals surface area contributed by atoms with Gasteiger partial charge in [0.15, 0.2) is 0 Å². The molecule has 1 N–H and O–H groups in total. The predicted octanol–water partition coefficient (Wildman–Crippen LogP) is 3.03. The summed E-state index contributed by atoms with van der Waals surface area (Å²) in [5.41, 5.74) is -0.0375. The molecule has 0 saturated heterocycles. The van der Waals surface area contributed by atoms with E-state index in [1.165, 1.54) is 6.07 Å². The second kappa shape index (κ2) is 3.69. The first kappa shape index (κ1) is 11.3. The summed E-state index contributed by atoms with van der Waals surface area (Å²) >= 11 is 0. The average molecular weight is 246 g/mol. The molecule has 0 radical (unpaired) electrons. The summed E-state index contributed by atoms with van der Waals surface area (Å²) in [5.74, 6) is -1.78. The lowest BCUT2D eigenvalue weighted by Gasteiger charge is -2.08. The van der Waals surface area contributed by atoms with Crippen LogP contribution in [0.15, 0.2) is 28.9 Å². The largest absolute Gasteiger partial charge is 0.573 e. The smallest absolute Gasteiger partial charge is 0.478 e. The van der Waals surface area contributed by atoms with Gasteiger partial charge in [-0.05, 0) is 18.2 Å². The first-order chi connectivity index (χ1) is 7.87. The van der Waals surface area contributed by atoms with Gasteiger partial charge in [0.25, 0.3) is 0 Å². The maximum absolute atomic E-state index is 12.0. The van der Waals surface area contributed by atoms with E-state index in [1.807, 2.05) is 0 Å². The van der Waals surface area contributed by atoms with Gasteiger partial charge in [0.2, 0.25) is 0 Å². The summed E-state index contributed by atoms with van der Waals surface area (Å²) in [6.45, 7) is 0. The molecule has 0 fully saturated rings. The van der Waals surface area contributed by atoms with Gasteiger partial charge in [-0.1, -0.05) is 0 Å². The van der Waals surface area contributed by atoms with Crippen molar-refractivity contribution >= 4 is 16.9 Å². The number of ether oxygens (including phenoxy) is 1. The van der Waals surface area contributed by atoms with Gasteiger partial charge in [0.05, 0.1) is 0 Å². The number of furan rings is 1. The minimum Gasteiger partial charge on any atom is -0.478 e. The zero-order valence-electron chi connectivity index (χ0n) is 8.12. The highest BCUT2D eigenvalue weighted by atomic mass is 19.4. The molecule has 7 heteroatoms. The van der Waals surface area contributed by atoms with Gasteiger partial charge in [0, 0.05) is 5.39 Å². The fraction of sp³-hybridized carbons (Fsp3) is 0.100. The van der Waals surface area contributed by atoms with Crippen LogP contribution in [0, 0.1) is 0 Å². The van der Waals surface area contributed by atoms with E-state index in [4.69, 9.17) is 9.52 Å². The van der Waals surface area contributed by atoms with Crippen LogP contribution in [0.1, 0.15) is 10.4 Å². The van der Waals surface area contributed by atoms with Crippen molar-refractivity contribution < 1.29 is 32.2 Å². The Labute approximate surface area is 92.2 Å². The third kappa shape index (κ3) is 2.32. The molecule has 90 valence electrons. The zero-order valence-corrected chi connectivity index (χ0v) is 8.12. The van der Waals surface area contributed by atoms with Gasteiger partial charge in [-0.15, -0.1) is 13.2 Å². The Balaban J connectivity index is 2.48. The number of fused-ring (bicyclic) bond motifs is 1. The van der Waals surface area contributed by atoms with Crippen molar-refractivity contribution in [2.45, 2.75) is 6.36 Å². The molecule has 2 rings (SSSR count). The number of rotatable bonds is 2. The Morgan fingerprint density at radius 3 is 2.65 bits per heavy atom. The normalized spacial score (nSPS) is 11.7. The Hall–Kier alpha value is -2.18. The van der Waals surface area contributed by atoms with Gasteiger partial charge in [0.1, 0.15) is 23.2 Å². The van der Waals surface area contributed by atoms with E-state index in [2.05, 4.69) is 4.74 Å². The van der Waals surface area contributed by atoms with Crippen LogP contribution in [0.2, 0.25) is 0 Å². The SMILES string of the molecule is O=C(O)c1coc2ccc(OC(F)(F)F)cc12. The van der Waals surface area contributed by atoms with Crippen molar-refractivity contribution in [3.8, 4) is 5.75 Å². The van der Waals surface area contributed by atoms with Crippen molar-refractivity contribution in [1.82, 2.24) is 0 Å². The van der Waals surface area contributed by atoms with Crippen molar-refractivity contribution in [3.05, 3.63) is 30.0 Å². The summed E-state index contributed by atoms with van der Waals surface area (Å²) in [6, 6.07) is 3.23. The Bertz CT molecular complexity index is 570. The minimum atomic E-state index is -4.82. The summed E-state index contributed by atoms with van der Waals surface area (Å²) in [7, 11) is 0. The van der Waals surface area contributed by atoms with Crippen LogP contribution < -0.4 is 4.74 Å². The lowest BCUT2D eigenvalue weighted by molar-refractivity contribution is -0.274. The molecule has 2 aromatic rings. The first-order valence-electron chi connectivity index (χ1n) is 4.37. The molecule has 1 aromatic heterocycles. The van der Waals surface area contributed by atoms with Crippen LogP contribution in [0.25, 0.3) is 11.0 Å². The van der Waals surface area contributed by atoms with Gasteiger partial charge in [-0.2, -0.15) is 0 Å². The topological polar surface area (TPSA) is 59.7 Å². The summed E-state index contributed by atoms with van der Waals surface area (Å²) in [4.78, 5) is 10.7. The van der Waals surface area contributed by atoms with Gasteiger partial charge in [-0.3, -0.25) is 0 Å². The Morgan fingerprint density at radius 1 is 1.35 bits per heavy atom. The fourth-order valence-corrected chi connectivity index (χ4v) is 1.37. The molecule has 0 bridgehead atoms. The lowest BCUT2D eigenvalue weighted by Crippen LogP contribution is -2.17. The molecular formula is C10H5F3O4. The quantitative estimate of drug-likeness (QED) is 0.884. The number of benzene rings is 1. The molecule has 0 aliphatic carbocycles. The molecule has 0 atom stereocenters. The molecule has 1 aromatic carbocycles. The van der Waals surface area contributed by atoms with Crippen molar-refractivity contribution in [3.63, 3.8) is 0 Å². The van der Waals surface area contributed by atoms with Crippen LogP contribution in [0.3, 0.4) is 0 Å². The number of hydrogen-bond donors (Lipinski definition) is 1. The van der Waals surface area contributed by atoms with Gasteiger partial charge >= 0.3 is 12.3 Å². The molecule has 0 aliphatic rings. The summed E-state index contributed by atoms with van der Waals surface area (Å²) in [5, 5.41) is 8.83. The molecule has 1 heterocycles. The maximum Gasteiger partial charge on any atom is 0.573 e. The van der Waals surface area contributed by atoms with E-state index < -0.39 is 18.1 Å². The second-order valence-electron chi connectivity index (χ2n) is 3.16. The summed E-state index contributed by atoms with van der Waals surface area (Å²) < 4.78 is 44.5. The Kier molecular flexibility index (Phi) is 2.45. The van der Waals surface area contributed by atoms with E-state index in [-0.39, 0.29) is 16.5 Å². The van der Waals surface area contributed by atoms with Crippen LogP contribution in [0.4, 0.5) is 13.2 Å². The summed E-state index contributed by atoms with van der Waals surface area (Å²) in [6.07, 6.45) is -3.86. The molecule has 0 aliphatic heterocycles. The molecule has 17 heavy (non-hydrogen) atoms. The first-order valence-corrected chi connectivity index (χ1v) is 4.37. The number of carboxylic acids is 1. The molecule has 0 spiro atoms. The van der Waals surface area contributed by atoms with Crippen molar-refractivity contribution in [2.75, 3.05) is 0 Å². The number of aromatic carboxylic acids is 1. The van der Waals surface area contributed by atoms with Crippen LogP contribution in [0.5, 0.6) is 5.75 Å². The number of hydrogen-bond acceptors (Lipinski definition) is 3. The van der Waals surface area contributed by atoms with Crippen LogP contribution in [-0.4, -0.2) is 17.4 Å². The van der Waals surface area contributed by atoms with Crippen LogP contribution in [-0.2, 0) is 0 Å². The minimum absolute atomic E-state index is 0.0549. The van der Waals surface area contributed by atoms with E-state index in [9.17, 15) is 18.0 Å². The lowest BCUT2D eigenvalue weighted by atomic mass is 10.2. The molecule has 0 unspecified atom stereocenters. The highest BCUT2D eigenvalue weighted by Crippen LogP contribution is 2.29. The number of carbonyl (C=O) groups is 1. The number of alkyl halides is 3. The molecule has 4 nitrogen and oxygen atoms in total. The third-order valence-corrected chi connectivity index (χ3v) is 2.01. The van der Waals surface area contributed by atoms with E-state index in [0.717, 1.165) is 18.4 Å². The zero-order chi connectivity index (χ0) is 12.6. The number of carboxylic acid groups (broad SMARTS) is 1. The average Bonchev–Trinajstić information content (AvgIpc) is 2.57. The van der Waals surface area contributed by atoms with Crippen LogP contribution >= 0.6 is 0 Å². The van der Waals surface area contributed by atoms with E-state index >= 15 is 0 Å². The van der Waals surface area contributed by atoms with Gasteiger partial charge < -0.3 is 14.3 Å². The van der Waals surface area contributed by atoms with E-state index in [1.54, 1.807) is 0 Å². The molecular weight excluding hydrogens is 241 g/mol. The Morgan fingerprint density at radius 2 is 2.06 bits per heavy atom. The van der Waals surface area contributed by atoms with Crippen molar-refractivity contribution in [1.29, 1.82) is 0 Å². The monoisotopic (exact) mass is 246 g/mol. The highest BCUT2D eigenvalue weighted by molar-refractivity contribution is 6.02. The van der Waals surface area contributed by atoms with Crippen molar-refractivity contribution in [2.24, 2.45) is 0 Å². The predicted molar refractivity (Wildman–Crippen MR) is 49.9 cm³/mol.